The summed E-state index contributed by atoms with van der Waals surface area (Å²) < 4.78 is 6.33. The average Bonchev–Trinajstić information content (AvgIpc) is 2.91. The molecule has 1 saturated heterocycles. The normalized spacial score (nSPS) is 13.6. The van der Waals surface area contributed by atoms with Crippen LogP contribution in [0.5, 0.6) is 0 Å². The van der Waals surface area contributed by atoms with Crippen LogP contribution >= 0.6 is 15.9 Å². The van der Waals surface area contributed by atoms with Gasteiger partial charge < -0.3 is 19.4 Å². The van der Waals surface area contributed by atoms with Crippen molar-refractivity contribution in [1.82, 2.24) is 4.90 Å². The van der Waals surface area contributed by atoms with Crippen molar-refractivity contribution >= 4 is 39.6 Å². The second-order valence-electron chi connectivity index (χ2n) is 7.95. The van der Waals surface area contributed by atoms with Gasteiger partial charge in [0.15, 0.2) is 6.61 Å². The number of rotatable bonds is 8. The van der Waals surface area contributed by atoms with Gasteiger partial charge in [0.2, 0.25) is 0 Å². The first-order valence-electron chi connectivity index (χ1n) is 11.3. The molecule has 0 radical (unpaired) electrons. The Labute approximate surface area is 213 Å². The summed E-state index contributed by atoms with van der Waals surface area (Å²) in [5.74, 6) is -0.430. The molecule has 1 aliphatic rings. The highest BCUT2D eigenvalue weighted by Crippen LogP contribution is 2.25. The maximum absolute atomic E-state index is 13.4. The molecule has 0 aromatic heterocycles. The lowest BCUT2D eigenvalue weighted by Crippen LogP contribution is -2.42. The minimum absolute atomic E-state index is 0.125. The van der Waals surface area contributed by atoms with E-state index in [-0.39, 0.29) is 25.0 Å². The molecule has 0 saturated carbocycles. The Morgan fingerprint density at radius 1 is 0.971 bits per heavy atom. The van der Waals surface area contributed by atoms with Crippen LogP contribution < -0.4 is 4.90 Å². The topological polar surface area (TPSA) is 71.4 Å². The molecule has 1 fully saturated rings. The van der Waals surface area contributed by atoms with E-state index in [1.54, 1.807) is 34.2 Å². The number of carbonyl (C=O) groups excluding carboxylic acids is 2. The first-order valence-corrected chi connectivity index (χ1v) is 12.1. The molecule has 2 amide bonds. The second kappa shape index (κ2) is 12.3. The number of benzene rings is 3. The average molecular weight is 536 g/mol. The smallest absolute Gasteiger partial charge is 0.268 e. The molecule has 8 heteroatoms. The number of nitrogens with zero attached hydrogens (tertiary/aromatic N) is 3. The quantitative estimate of drug-likeness (QED) is 0.314. The van der Waals surface area contributed by atoms with E-state index in [9.17, 15) is 9.59 Å². The van der Waals surface area contributed by atoms with E-state index in [0.717, 1.165) is 15.6 Å². The summed E-state index contributed by atoms with van der Waals surface area (Å²) >= 11 is 3.44. The number of hydrogen-bond donors (Lipinski definition) is 0. The molecule has 0 N–H and O–H groups in total. The fourth-order valence-electron chi connectivity index (χ4n) is 3.71. The number of morpholine rings is 1. The fraction of sp³-hybridized carbons (Fsp3) is 0.222. The van der Waals surface area contributed by atoms with Crippen LogP contribution in [-0.4, -0.2) is 55.8 Å². The molecule has 3 aromatic rings. The molecule has 0 atom stereocenters. The van der Waals surface area contributed by atoms with Gasteiger partial charge in [-0.2, -0.15) is 0 Å². The van der Waals surface area contributed by atoms with E-state index in [0.29, 0.717) is 37.6 Å². The predicted molar refractivity (Wildman–Crippen MR) is 138 cm³/mol. The number of amides is 2. The van der Waals surface area contributed by atoms with Crippen LogP contribution in [0, 0.1) is 0 Å². The minimum atomic E-state index is -0.305. The Morgan fingerprint density at radius 2 is 1.66 bits per heavy atom. The summed E-state index contributed by atoms with van der Waals surface area (Å²) in [5.41, 5.74) is 2.79. The molecule has 0 aliphatic carbocycles. The van der Waals surface area contributed by atoms with Crippen LogP contribution in [-0.2, 0) is 20.9 Å². The zero-order valence-corrected chi connectivity index (χ0v) is 20.8. The molecule has 1 heterocycles. The Bertz CT molecular complexity index is 1160. The SMILES string of the molecule is O=C(c1ccccc1N(Cc1ccc(Br)cc1)C(=O)CON=Cc1ccccc1)N1CCOCC1. The number of carbonyl (C=O) groups is 2. The van der Waals surface area contributed by atoms with Crippen LogP contribution in [0.1, 0.15) is 21.5 Å². The van der Waals surface area contributed by atoms with Crippen LogP contribution in [0.25, 0.3) is 0 Å². The monoisotopic (exact) mass is 535 g/mol. The van der Waals surface area contributed by atoms with Gasteiger partial charge in [0.1, 0.15) is 0 Å². The maximum atomic E-state index is 13.4. The number of anilines is 1. The lowest BCUT2D eigenvalue weighted by Gasteiger charge is -2.30. The number of hydrogen-bond acceptors (Lipinski definition) is 5. The summed E-state index contributed by atoms with van der Waals surface area (Å²) in [6.07, 6.45) is 1.56. The highest BCUT2D eigenvalue weighted by atomic mass is 79.9. The highest BCUT2D eigenvalue weighted by molar-refractivity contribution is 9.10. The van der Waals surface area contributed by atoms with Crippen molar-refractivity contribution in [1.29, 1.82) is 0 Å². The molecule has 4 rings (SSSR count). The summed E-state index contributed by atoms with van der Waals surface area (Å²) in [6, 6.07) is 24.4. The molecule has 0 spiro atoms. The zero-order chi connectivity index (χ0) is 24.5. The predicted octanol–water partition coefficient (Wildman–Crippen LogP) is 4.51. The van der Waals surface area contributed by atoms with Crippen molar-refractivity contribution in [3.8, 4) is 0 Å². The van der Waals surface area contributed by atoms with Gasteiger partial charge in [-0.3, -0.25) is 9.59 Å². The standard InChI is InChI=1S/C27H26BrN3O4/c28-23-12-10-22(11-13-23)19-31(26(32)20-35-29-18-21-6-2-1-3-7-21)25-9-5-4-8-24(25)27(33)30-14-16-34-17-15-30/h1-13,18H,14-17,19-20H2. The highest BCUT2D eigenvalue weighted by Gasteiger charge is 2.26. The Kier molecular flexibility index (Phi) is 8.64. The van der Waals surface area contributed by atoms with Crippen molar-refractivity contribution in [3.05, 3.63) is 100 Å². The van der Waals surface area contributed by atoms with E-state index in [1.807, 2.05) is 60.7 Å². The maximum Gasteiger partial charge on any atom is 0.268 e. The summed E-state index contributed by atoms with van der Waals surface area (Å²) in [5, 5.41) is 3.94. The molecular weight excluding hydrogens is 510 g/mol. The first-order chi connectivity index (χ1) is 17.1. The fourth-order valence-corrected chi connectivity index (χ4v) is 3.98. The molecule has 180 valence electrons. The van der Waals surface area contributed by atoms with E-state index < -0.39 is 0 Å². The van der Waals surface area contributed by atoms with Crippen molar-refractivity contribution in [2.75, 3.05) is 37.8 Å². The Balaban J connectivity index is 1.57. The van der Waals surface area contributed by atoms with Crippen LogP contribution in [0.15, 0.2) is 88.5 Å². The van der Waals surface area contributed by atoms with Crippen molar-refractivity contribution < 1.29 is 19.2 Å². The summed E-state index contributed by atoms with van der Waals surface area (Å²) in [6.45, 7) is 2.06. The lowest BCUT2D eigenvalue weighted by atomic mass is 10.1. The summed E-state index contributed by atoms with van der Waals surface area (Å²) in [7, 11) is 0. The zero-order valence-electron chi connectivity index (χ0n) is 19.2. The van der Waals surface area contributed by atoms with Gasteiger partial charge in [0.25, 0.3) is 11.8 Å². The Hall–Kier alpha value is -3.49. The lowest BCUT2D eigenvalue weighted by molar-refractivity contribution is -0.123. The van der Waals surface area contributed by atoms with Crippen molar-refractivity contribution in [2.24, 2.45) is 5.16 Å². The van der Waals surface area contributed by atoms with Crippen molar-refractivity contribution in [3.63, 3.8) is 0 Å². The van der Waals surface area contributed by atoms with E-state index >= 15 is 0 Å². The van der Waals surface area contributed by atoms with Gasteiger partial charge >= 0.3 is 0 Å². The third-order valence-electron chi connectivity index (χ3n) is 5.54. The van der Waals surface area contributed by atoms with Gasteiger partial charge in [-0.1, -0.05) is 75.7 Å². The minimum Gasteiger partial charge on any atom is -0.386 e. The van der Waals surface area contributed by atoms with Crippen LogP contribution in [0.3, 0.4) is 0 Å². The van der Waals surface area contributed by atoms with Crippen LogP contribution in [0.2, 0.25) is 0 Å². The molecule has 0 unspecified atom stereocenters. The molecule has 3 aromatic carbocycles. The second-order valence-corrected chi connectivity index (χ2v) is 8.86. The third kappa shape index (κ3) is 6.77. The summed E-state index contributed by atoms with van der Waals surface area (Å²) in [4.78, 5) is 35.4. The van der Waals surface area contributed by atoms with Crippen molar-refractivity contribution in [2.45, 2.75) is 6.54 Å². The van der Waals surface area contributed by atoms with Gasteiger partial charge in [-0.05, 0) is 35.4 Å². The molecule has 1 aliphatic heterocycles. The van der Waals surface area contributed by atoms with Gasteiger partial charge in [-0.25, -0.2) is 0 Å². The molecule has 35 heavy (non-hydrogen) atoms. The number of halogens is 1. The number of ether oxygens (including phenoxy) is 1. The number of oxime groups is 1. The van der Waals surface area contributed by atoms with E-state index in [2.05, 4.69) is 21.1 Å². The largest absolute Gasteiger partial charge is 0.386 e. The molecule has 7 nitrogen and oxygen atoms in total. The van der Waals surface area contributed by atoms with Gasteiger partial charge in [0.05, 0.1) is 37.2 Å². The van der Waals surface area contributed by atoms with Crippen LogP contribution in [0.4, 0.5) is 5.69 Å². The Morgan fingerprint density at radius 3 is 2.40 bits per heavy atom. The first kappa shape index (κ1) is 24.6. The molecule has 0 bridgehead atoms. The van der Waals surface area contributed by atoms with E-state index in [4.69, 9.17) is 9.57 Å². The van der Waals surface area contributed by atoms with Gasteiger partial charge in [-0.15, -0.1) is 0 Å². The molecular formula is C27H26BrN3O4. The van der Waals surface area contributed by atoms with E-state index in [1.165, 1.54) is 0 Å². The number of para-hydroxylation sites is 1. The van der Waals surface area contributed by atoms with Gasteiger partial charge in [0, 0.05) is 17.6 Å². The third-order valence-corrected chi connectivity index (χ3v) is 6.07.